The Balaban J connectivity index is 2.62. The number of carbonyl (C=O) groups is 2. The number of aliphatic carboxylic acids is 1. The summed E-state index contributed by atoms with van der Waals surface area (Å²) in [5, 5.41) is 9.24. The number of carboxylic acids is 1. The quantitative estimate of drug-likeness (QED) is 0.786. The molecule has 0 unspecified atom stereocenters. The molecule has 0 radical (unpaired) electrons. The lowest BCUT2D eigenvalue weighted by Gasteiger charge is -2.47. The number of nitrogens with zero attached hydrogens (tertiary/aromatic N) is 1. The molecular formula is C13H21NO4. The van der Waals surface area contributed by atoms with Crippen molar-refractivity contribution in [1.29, 1.82) is 0 Å². The predicted octanol–water partition coefficient (Wildman–Crippen LogP) is 2.27. The maximum Gasteiger partial charge on any atom is 0.410 e. The molecule has 5 heteroatoms. The molecule has 0 spiro atoms. The summed E-state index contributed by atoms with van der Waals surface area (Å²) >= 11 is 0. The number of amides is 1. The molecule has 0 aromatic rings. The number of hydrogen-bond donors (Lipinski definition) is 1. The first-order chi connectivity index (χ1) is 8.06. The summed E-state index contributed by atoms with van der Waals surface area (Å²) < 4.78 is 5.19. The van der Waals surface area contributed by atoms with Gasteiger partial charge in [0.05, 0.1) is 0 Å². The lowest BCUT2D eigenvalue weighted by molar-refractivity contribution is -0.159. The van der Waals surface area contributed by atoms with Crippen molar-refractivity contribution in [2.45, 2.75) is 39.7 Å². The molecule has 0 atom stereocenters. The normalized spacial score (nSPS) is 17.9. The van der Waals surface area contributed by atoms with Crippen LogP contribution in [0.15, 0.2) is 12.2 Å². The Kier molecular flexibility index (Phi) is 3.74. The molecule has 5 nitrogen and oxygen atoms in total. The van der Waals surface area contributed by atoms with E-state index in [-0.39, 0.29) is 13.1 Å². The molecular weight excluding hydrogens is 234 g/mol. The van der Waals surface area contributed by atoms with Crippen molar-refractivity contribution in [1.82, 2.24) is 4.90 Å². The van der Waals surface area contributed by atoms with Gasteiger partial charge in [-0.1, -0.05) is 5.57 Å². The van der Waals surface area contributed by atoms with E-state index >= 15 is 0 Å². The van der Waals surface area contributed by atoms with Crippen molar-refractivity contribution < 1.29 is 19.4 Å². The third kappa shape index (κ3) is 3.24. The Morgan fingerprint density at radius 2 is 1.89 bits per heavy atom. The predicted molar refractivity (Wildman–Crippen MR) is 67.3 cm³/mol. The second-order valence-corrected chi connectivity index (χ2v) is 6.06. The van der Waals surface area contributed by atoms with Crippen molar-refractivity contribution in [3.05, 3.63) is 12.2 Å². The van der Waals surface area contributed by atoms with Crippen molar-refractivity contribution in [3.63, 3.8) is 0 Å². The first kappa shape index (κ1) is 14.5. The minimum absolute atomic E-state index is 0.185. The van der Waals surface area contributed by atoms with Crippen LogP contribution in [0.4, 0.5) is 4.79 Å². The van der Waals surface area contributed by atoms with E-state index in [1.165, 1.54) is 4.90 Å². The van der Waals surface area contributed by atoms with Crippen molar-refractivity contribution in [3.8, 4) is 0 Å². The van der Waals surface area contributed by atoms with Gasteiger partial charge in [0.15, 0.2) is 0 Å². The van der Waals surface area contributed by atoms with Crippen LogP contribution in [0.1, 0.15) is 34.1 Å². The lowest BCUT2D eigenvalue weighted by atomic mass is 9.75. The molecule has 18 heavy (non-hydrogen) atoms. The van der Waals surface area contributed by atoms with Gasteiger partial charge in [0, 0.05) is 13.1 Å². The Morgan fingerprint density at radius 1 is 1.39 bits per heavy atom. The SMILES string of the molecule is C=C(C)CC1(C(=O)O)CN(C(=O)OC(C)(C)C)C1. The fourth-order valence-electron chi connectivity index (χ4n) is 2.04. The average molecular weight is 255 g/mol. The van der Waals surface area contributed by atoms with E-state index in [0.29, 0.717) is 6.42 Å². The molecule has 1 fully saturated rings. The van der Waals surface area contributed by atoms with Gasteiger partial charge in [-0.2, -0.15) is 0 Å². The van der Waals surface area contributed by atoms with Crippen LogP contribution in [0.25, 0.3) is 0 Å². The van der Waals surface area contributed by atoms with E-state index in [2.05, 4.69) is 6.58 Å². The van der Waals surface area contributed by atoms with Gasteiger partial charge in [0.25, 0.3) is 0 Å². The fourth-order valence-corrected chi connectivity index (χ4v) is 2.04. The summed E-state index contributed by atoms with van der Waals surface area (Å²) in [7, 11) is 0. The van der Waals surface area contributed by atoms with Gasteiger partial charge in [0.1, 0.15) is 11.0 Å². The number of rotatable bonds is 3. The van der Waals surface area contributed by atoms with Crippen LogP contribution in [0.2, 0.25) is 0 Å². The van der Waals surface area contributed by atoms with Crippen LogP contribution in [-0.2, 0) is 9.53 Å². The van der Waals surface area contributed by atoms with Crippen LogP contribution >= 0.6 is 0 Å². The van der Waals surface area contributed by atoms with E-state index < -0.39 is 23.1 Å². The molecule has 1 amide bonds. The zero-order valence-electron chi connectivity index (χ0n) is 11.4. The van der Waals surface area contributed by atoms with Gasteiger partial charge in [-0.3, -0.25) is 4.79 Å². The molecule has 1 saturated heterocycles. The lowest BCUT2D eigenvalue weighted by Crippen LogP contribution is -2.62. The average Bonchev–Trinajstić information content (AvgIpc) is 2.05. The number of allylic oxidation sites excluding steroid dienone is 1. The van der Waals surface area contributed by atoms with Crippen LogP contribution in [0, 0.1) is 5.41 Å². The van der Waals surface area contributed by atoms with E-state index in [0.717, 1.165) is 5.57 Å². The van der Waals surface area contributed by atoms with E-state index in [1.807, 2.05) is 0 Å². The third-order valence-corrected chi connectivity index (χ3v) is 2.73. The Labute approximate surface area is 107 Å². The number of likely N-dealkylation sites (tertiary alicyclic amines) is 1. The van der Waals surface area contributed by atoms with E-state index in [9.17, 15) is 14.7 Å². The summed E-state index contributed by atoms with van der Waals surface area (Å²) in [5.74, 6) is -0.884. The highest BCUT2D eigenvalue weighted by atomic mass is 16.6. The molecule has 0 aliphatic carbocycles. The van der Waals surface area contributed by atoms with Crippen LogP contribution in [0.3, 0.4) is 0 Å². The standard InChI is InChI=1S/C13H21NO4/c1-9(2)6-13(10(15)16)7-14(8-13)11(17)18-12(3,4)5/h1,6-8H2,2-5H3,(H,15,16). The van der Waals surface area contributed by atoms with Gasteiger partial charge >= 0.3 is 12.1 Å². The fraction of sp³-hybridized carbons (Fsp3) is 0.692. The number of carbonyl (C=O) groups excluding carboxylic acids is 1. The van der Waals surface area contributed by atoms with E-state index in [4.69, 9.17) is 4.74 Å². The Hall–Kier alpha value is -1.52. The highest BCUT2D eigenvalue weighted by Crippen LogP contribution is 2.37. The zero-order chi connectivity index (χ0) is 14.1. The highest BCUT2D eigenvalue weighted by molar-refractivity contribution is 5.81. The number of ether oxygens (including phenoxy) is 1. The largest absolute Gasteiger partial charge is 0.481 e. The van der Waals surface area contributed by atoms with Crippen molar-refractivity contribution in [2.75, 3.05) is 13.1 Å². The minimum atomic E-state index is -0.886. The molecule has 1 rings (SSSR count). The molecule has 0 aromatic carbocycles. The second kappa shape index (κ2) is 4.63. The van der Waals surface area contributed by atoms with Crippen LogP contribution < -0.4 is 0 Å². The molecule has 0 saturated carbocycles. The monoisotopic (exact) mass is 255 g/mol. The first-order valence-electron chi connectivity index (χ1n) is 5.91. The summed E-state index contributed by atoms with van der Waals surface area (Å²) in [4.78, 5) is 24.4. The van der Waals surface area contributed by atoms with Crippen LogP contribution in [-0.4, -0.2) is 40.8 Å². The third-order valence-electron chi connectivity index (χ3n) is 2.73. The van der Waals surface area contributed by atoms with Crippen molar-refractivity contribution >= 4 is 12.1 Å². The molecule has 1 aliphatic rings. The Bertz CT molecular complexity index is 375. The van der Waals surface area contributed by atoms with Gasteiger partial charge < -0.3 is 14.7 Å². The topological polar surface area (TPSA) is 66.8 Å². The van der Waals surface area contributed by atoms with E-state index in [1.54, 1.807) is 27.7 Å². The summed E-state index contributed by atoms with van der Waals surface area (Å²) in [6, 6.07) is 0. The molecule has 0 aromatic heterocycles. The smallest absolute Gasteiger partial charge is 0.410 e. The van der Waals surface area contributed by atoms with Gasteiger partial charge in [-0.25, -0.2) is 4.79 Å². The Morgan fingerprint density at radius 3 is 2.22 bits per heavy atom. The van der Waals surface area contributed by atoms with Crippen molar-refractivity contribution in [2.24, 2.45) is 5.41 Å². The summed E-state index contributed by atoms with van der Waals surface area (Å²) in [5.41, 5.74) is -0.642. The maximum absolute atomic E-state index is 11.7. The van der Waals surface area contributed by atoms with Crippen LogP contribution in [0.5, 0.6) is 0 Å². The maximum atomic E-state index is 11.7. The number of carboxylic acid groups (broad SMARTS) is 1. The molecule has 1 heterocycles. The molecule has 102 valence electrons. The summed E-state index contributed by atoms with van der Waals surface area (Å²) in [6.07, 6.45) is -0.0668. The molecule has 1 N–H and O–H groups in total. The zero-order valence-corrected chi connectivity index (χ0v) is 11.4. The molecule has 0 bridgehead atoms. The number of hydrogen-bond acceptors (Lipinski definition) is 3. The minimum Gasteiger partial charge on any atom is -0.481 e. The van der Waals surface area contributed by atoms with Gasteiger partial charge in [-0.15, -0.1) is 6.58 Å². The van der Waals surface area contributed by atoms with Gasteiger partial charge in [-0.05, 0) is 34.1 Å². The second-order valence-electron chi connectivity index (χ2n) is 6.06. The molecule has 1 aliphatic heterocycles. The highest BCUT2D eigenvalue weighted by Gasteiger charge is 2.52. The summed E-state index contributed by atoms with van der Waals surface area (Å²) in [6.45, 7) is 11.2. The van der Waals surface area contributed by atoms with Gasteiger partial charge in [0.2, 0.25) is 0 Å². The first-order valence-corrected chi connectivity index (χ1v) is 5.91.